The molecule has 1 aromatic heterocycles. The van der Waals surface area contributed by atoms with Crippen LogP contribution in [0.3, 0.4) is 0 Å². The largest absolute Gasteiger partial charge is 0.369 e. The summed E-state index contributed by atoms with van der Waals surface area (Å²) in [5, 5.41) is 0. The molecule has 22 heavy (non-hydrogen) atoms. The molecule has 1 unspecified atom stereocenters. The standard InChI is InChI=1S/C15H23ClN4.2ClH/c1-4-19(5-2)11(3)12-7-6-8-13-14(12)20(10-9-16)15(17)18-13;;/h6-8,11H,4-5,9-10H2,1-3H3,(H2,17,18);2*1H. The molecule has 0 radical (unpaired) electrons. The van der Waals surface area contributed by atoms with Crippen LogP contribution in [0.15, 0.2) is 18.2 Å². The first kappa shape index (κ1) is 21.3. The number of aromatic nitrogens is 2. The summed E-state index contributed by atoms with van der Waals surface area (Å²) in [4.78, 5) is 6.87. The van der Waals surface area contributed by atoms with Crippen LogP contribution in [0, 0.1) is 0 Å². The summed E-state index contributed by atoms with van der Waals surface area (Å²) in [6.07, 6.45) is 0. The van der Waals surface area contributed by atoms with Gasteiger partial charge in [-0.25, -0.2) is 4.98 Å². The molecule has 1 heterocycles. The number of anilines is 1. The highest BCUT2D eigenvalue weighted by molar-refractivity contribution is 6.17. The second-order valence-electron chi connectivity index (χ2n) is 4.92. The van der Waals surface area contributed by atoms with Crippen LogP contribution in [0.1, 0.15) is 32.4 Å². The van der Waals surface area contributed by atoms with Crippen molar-refractivity contribution in [2.45, 2.75) is 33.4 Å². The van der Waals surface area contributed by atoms with Crippen molar-refractivity contribution in [3.63, 3.8) is 0 Å². The number of alkyl halides is 1. The van der Waals surface area contributed by atoms with Crippen LogP contribution in [0.25, 0.3) is 11.0 Å². The molecular formula is C15H25Cl3N4. The zero-order valence-corrected chi connectivity index (χ0v) is 15.6. The smallest absolute Gasteiger partial charge is 0.201 e. The van der Waals surface area contributed by atoms with Gasteiger partial charge in [0, 0.05) is 18.5 Å². The summed E-state index contributed by atoms with van der Waals surface area (Å²) >= 11 is 5.90. The molecule has 0 aliphatic heterocycles. The molecule has 4 nitrogen and oxygen atoms in total. The number of fused-ring (bicyclic) bond motifs is 1. The topological polar surface area (TPSA) is 47.1 Å². The van der Waals surface area contributed by atoms with E-state index in [1.54, 1.807) is 0 Å². The highest BCUT2D eigenvalue weighted by Gasteiger charge is 2.19. The van der Waals surface area contributed by atoms with Gasteiger partial charge >= 0.3 is 0 Å². The monoisotopic (exact) mass is 366 g/mol. The third-order valence-corrected chi connectivity index (χ3v) is 4.11. The number of hydrogen-bond acceptors (Lipinski definition) is 3. The van der Waals surface area contributed by atoms with Crippen molar-refractivity contribution >= 4 is 53.4 Å². The normalized spacial score (nSPS) is 12.0. The highest BCUT2D eigenvalue weighted by atomic mass is 35.5. The molecule has 0 aliphatic rings. The third-order valence-electron chi connectivity index (χ3n) is 3.95. The first-order valence-corrected chi connectivity index (χ1v) is 7.72. The number of imidazole rings is 1. The van der Waals surface area contributed by atoms with E-state index >= 15 is 0 Å². The van der Waals surface area contributed by atoms with Gasteiger partial charge in [0.2, 0.25) is 5.95 Å². The van der Waals surface area contributed by atoms with Crippen LogP contribution < -0.4 is 5.73 Å². The molecule has 0 saturated carbocycles. The minimum Gasteiger partial charge on any atom is -0.369 e. The van der Waals surface area contributed by atoms with Gasteiger partial charge < -0.3 is 10.3 Å². The molecule has 0 bridgehead atoms. The van der Waals surface area contributed by atoms with Gasteiger partial charge in [-0.05, 0) is 31.6 Å². The Labute approximate surface area is 149 Å². The van der Waals surface area contributed by atoms with E-state index in [9.17, 15) is 0 Å². The lowest BCUT2D eigenvalue weighted by atomic mass is 10.0. The molecule has 0 fully saturated rings. The number of nitrogens with two attached hydrogens (primary N) is 1. The fraction of sp³-hybridized carbons (Fsp3) is 0.533. The fourth-order valence-corrected chi connectivity index (χ4v) is 3.02. The Bertz CT molecular complexity index is 581. The van der Waals surface area contributed by atoms with Gasteiger partial charge in [0.15, 0.2) is 0 Å². The van der Waals surface area contributed by atoms with E-state index in [2.05, 4.69) is 42.8 Å². The van der Waals surface area contributed by atoms with Crippen molar-refractivity contribution in [3.8, 4) is 0 Å². The zero-order valence-electron chi connectivity index (χ0n) is 13.3. The van der Waals surface area contributed by atoms with Crippen LogP contribution >= 0.6 is 36.4 Å². The van der Waals surface area contributed by atoms with Crippen LogP contribution in [-0.4, -0.2) is 33.4 Å². The number of para-hydroxylation sites is 1. The summed E-state index contributed by atoms with van der Waals surface area (Å²) in [5.41, 5.74) is 9.36. The van der Waals surface area contributed by atoms with Crippen molar-refractivity contribution in [2.24, 2.45) is 0 Å². The van der Waals surface area contributed by atoms with Gasteiger partial charge in [-0.3, -0.25) is 4.90 Å². The minimum absolute atomic E-state index is 0. The Morgan fingerprint density at radius 2 is 1.91 bits per heavy atom. The molecule has 1 aromatic carbocycles. The van der Waals surface area contributed by atoms with Crippen molar-refractivity contribution in [2.75, 3.05) is 24.7 Å². The predicted octanol–water partition coefficient (Wildman–Crippen LogP) is 4.10. The molecule has 0 aliphatic carbocycles. The molecule has 2 rings (SSSR count). The Morgan fingerprint density at radius 3 is 2.45 bits per heavy atom. The summed E-state index contributed by atoms with van der Waals surface area (Å²) in [7, 11) is 0. The van der Waals surface area contributed by atoms with E-state index in [4.69, 9.17) is 17.3 Å². The number of halogens is 3. The van der Waals surface area contributed by atoms with Crippen molar-refractivity contribution in [3.05, 3.63) is 23.8 Å². The SMILES string of the molecule is CCN(CC)C(C)c1cccc2nc(N)n(CCCl)c12.Cl.Cl. The number of nitrogen functional groups attached to an aromatic ring is 1. The van der Waals surface area contributed by atoms with E-state index < -0.39 is 0 Å². The van der Waals surface area contributed by atoms with Crippen LogP contribution in [-0.2, 0) is 6.54 Å². The average Bonchev–Trinajstić information content (AvgIpc) is 2.76. The number of rotatable bonds is 6. The first-order chi connectivity index (χ1) is 9.63. The van der Waals surface area contributed by atoms with Crippen LogP contribution in [0.2, 0.25) is 0 Å². The number of hydrogen-bond donors (Lipinski definition) is 1. The maximum atomic E-state index is 6.03. The van der Waals surface area contributed by atoms with Gasteiger partial charge in [-0.15, -0.1) is 36.4 Å². The zero-order chi connectivity index (χ0) is 14.7. The van der Waals surface area contributed by atoms with Crippen molar-refractivity contribution in [1.29, 1.82) is 0 Å². The fourth-order valence-electron chi connectivity index (χ4n) is 2.85. The summed E-state index contributed by atoms with van der Waals surface area (Å²) in [6.45, 7) is 9.33. The highest BCUT2D eigenvalue weighted by Crippen LogP contribution is 2.29. The third kappa shape index (κ3) is 3.99. The van der Waals surface area contributed by atoms with Gasteiger partial charge in [-0.2, -0.15) is 0 Å². The molecule has 0 spiro atoms. The molecule has 126 valence electrons. The van der Waals surface area contributed by atoms with Gasteiger partial charge in [0.05, 0.1) is 11.0 Å². The Kier molecular flexibility index (Phi) is 9.16. The molecule has 0 saturated heterocycles. The molecule has 1 atom stereocenters. The van der Waals surface area contributed by atoms with E-state index in [-0.39, 0.29) is 24.8 Å². The predicted molar refractivity (Wildman–Crippen MR) is 101 cm³/mol. The van der Waals surface area contributed by atoms with Crippen LogP contribution in [0.5, 0.6) is 0 Å². The quantitative estimate of drug-likeness (QED) is 0.782. The number of benzene rings is 1. The lowest BCUT2D eigenvalue weighted by molar-refractivity contribution is 0.235. The molecule has 2 N–H and O–H groups in total. The summed E-state index contributed by atoms with van der Waals surface area (Å²) in [5.74, 6) is 1.07. The lowest BCUT2D eigenvalue weighted by Crippen LogP contribution is -2.26. The van der Waals surface area contributed by atoms with Crippen LogP contribution in [0.4, 0.5) is 5.95 Å². The maximum Gasteiger partial charge on any atom is 0.201 e. The summed E-state index contributed by atoms with van der Waals surface area (Å²) in [6, 6.07) is 6.56. The van der Waals surface area contributed by atoms with E-state index in [0.717, 1.165) is 24.1 Å². The molecule has 2 aromatic rings. The lowest BCUT2D eigenvalue weighted by Gasteiger charge is -2.27. The van der Waals surface area contributed by atoms with Crippen molar-refractivity contribution < 1.29 is 0 Å². The Hall–Kier alpha value is -0.680. The second-order valence-corrected chi connectivity index (χ2v) is 5.30. The Balaban J connectivity index is 0.00000220. The first-order valence-electron chi connectivity index (χ1n) is 7.18. The molecule has 0 amide bonds. The number of nitrogens with zero attached hydrogens (tertiary/aromatic N) is 3. The van der Waals surface area contributed by atoms with Gasteiger partial charge in [0.1, 0.15) is 0 Å². The summed E-state index contributed by atoms with van der Waals surface area (Å²) < 4.78 is 2.03. The molecular weight excluding hydrogens is 343 g/mol. The second kappa shape index (κ2) is 9.46. The van der Waals surface area contributed by atoms with Gasteiger partial charge in [-0.1, -0.05) is 26.0 Å². The van der Waals surface area contributed by atoms with Gasteiger partial charge in [0.25, 0.3) is 0 Å². The van der Waals surface area contributed by atoms with E-state index in [1.807, 2.05) is 10.6 Å². The maximum absolute atomic E-state index is 6.03. The minimum atomic E-state index is 0. The van der Waals surface area contributed by atoms with E-state index in [0.29, 0.717) is 24.4 Å². The average molecular weight is 368 g/mol. The molecule has 7 heteroatoms. The number of aryl methyl sites for hydroxylation is 1. The van der Waals surface area contributed by atoms with Crippen molar-refractivity contribution in [1.82, 2.24) is 14.5 Å². The van der Waals surface area contributed by atoms with E-state index in [1.165, 1.54) is 5.56 Å². The Morgan fingerprint density at radius 1 is 1.27 bits per heavy atom.